The minimum atomic E-state index is 0.419. The van der Waals surface area contributed by atoms with E-state index in [0.717, 1.165) is 73.7 Å². The van der Waals surface area contributed by atoms with Crippen LogP contribution in [0.15, 0.2) is 30.6 Å². The van der Waals surface area contributed by atoms with Gasteiger partial charge in [-0.15, -0.1) is 0 Å². The largest absolute Gasteiger partial charge is 0.369 e. The molecule has 0 unspecified atom stereocenters. The molecule has 0 atom stereocenters. The van der Waals surface area contributed by atoms with E-state index in [1.54, 1.807) is 0 Å². The van der Waals surface area contributed by atoms with Crippen molar-refractivity contribution in [2.24, 2.45) is 0 Å². The number of nitrogens with zero attached hydrogens (tertiary/aromatic N) is 5. The van der Waals surface area contributed by atoms with E-state index < -0.39 is 0 Å². The van der Waals surface area contributed by atoms with Crippen molar-refractivity contribution in [3.63, 3.8) is 0 Å². The van der Waals surface area contributed by atoms with Gasteiger partial charge in [-0.25, -0.2) is 9.97 Å². The Morgan fingerprint density at radius 1 is 1.07 bits per heavy atom. The molecule has 0 amide bonds. The van der Waals surface area contributed by atoms with E-state index in [4.69, 9.17) is 10.4 Å². The van der Waals surface area contributed by atoms with E-state index in [0.29, 0.717) is 12.0 Å². The Morgan fingerprint density at radius 2 is 1.97 bits per heavy atom. The summed E-state index contributed by atoms with van der Waals surface area (Å²) in [5.41, 5.74) is 2.94. The number of hydrogen-bond donors (Lipinski definition) is 3. The molecule has 3 N–H and O–H groups in total. The average molecular weight is 405 g/mol. The zero-order chi connectivity index (χ0) is 20.3. The van der Waals surface area contributed by atoms with Crippen LogP contribution in [0.25, 0.3) is 11.0 Å². The van der Waals surface area contributed by atoms with Gasteiger partial charge >= 0.3 is 0 Å². The number of hydrogen-bond acceptors (Lipinski definition) is 7. The molecule has 5 rings (SSSR count). The second kappa shape index (κ2) is 8.39. The molecule has 3 aromatic heterocycles. The van der Waals surface area contributed by atoms with Crippen LogP contribution in [-0.4, -0.2) is 51.9 Å². The fourth-order valence-electron chi connectivity index (χ4n) is 4.61. The lowest BCUT2D eigenvalue weighted by Gasteiger charge is -2.21. The molecule has 156 valence electrons. The molecule has 1 aliphatic heterocycles. The van der Waals surface area contributed by atoms with Crippen molar-refractivity contribution in [3.8, 4) is 0 Å². The van der Waals surface area contributed by atoms with E-state index in [9.17, 15) is 0 Å². The minimum absolute atomic E-state index is 0.419. The summed E-state index contributed by atoms with van der Waals surface area (Å²) in [4.78, 5) is 16.2. The van der Waals surface area contributed by atoms with E-state index in [1.165, 1.54) is 19.1 Å². The smallest absolute Gasteiger partial charge is 0.230 e. The number of pyridine rings is 1. The molecule has 1 saturated heterocycles. The van der Waals surface area contributed by atoms with Crippen molar-refractivity contribution in [1.82, 2.24) is 24.8 Å². The maximum atomic E-state index is 7.80. The third kappa shape index (κ3) is 3.75. The molecule has 0 bridgehead atoms. The fourth-order valence-corrected chi connectivity index (χ4v) is 4.61. The predicted octanol–water partition coefficient (Wildman–Crippen LogP) is 3.48. The molecule has 0 spiro atoms. The standard InChI is InChI=1S/C22H28N8/c23-13-19-12-16-14-26-22(28-21(16)30(19)17-4-1-2-5-17)27-20-7-6-18(15-25-20)29-10-3-8-24-9-11-29/h6-7,12-15,17,23-24H,1-5,8-11H2,(H,25,26,27,28). The predicted molar refractivity (Wildman–Crippen MR) is 120 cm³/mol. The highest BCUT2D eigenvalue weighted by atomic mass is 15.2. The first-order valence-corrected chi connectivity index (χ1v) is 10.9. The number of rotatable bonds is 5. The summed E-state index contributed by atoms with van der Waals surface area (Å²) in [6, 6.07) is 6.52. The highest BCUT2D eigenvalue weighted by molar-refractivity contribution is 5.88. The normalized spacial score (nSPS) is 17.9. The lowest BCUT2D eigenvalue weighted by molar-refractivity contribution is 0.530. The first-order valence-electron chi connectivity index (χ1n) is 10.9. The lowest BCUT2D eigenvalue weighted by Crippen LogP contribution is -2.27. The van der Waals surface area contributed by atoms with Gasteiger partial charge in [-0.1, -0.05) is 12.8 Å². The third-order valence-corrected chi connectivity index (χ3v) is 6.14. The summed E-state index contributed by atoms with van der Waals surface area (Å²) >= 11 is 0. The molecule has 1 aliphatic carbocycles. The number of nitrogens with one attached hydrogen (secondary N) is 3. The second-order valence-corrected chi connectivity index (χ2v) is 8.11. The molecule has 0 aromatic carbocycles. The van der Waals surface area contributed by atoms with E-state index in [-0.39, 0.29) is 0 Å². The SMILES string of the molecule is N=Cc1cc2cnc(Nc3ccc(N4CCCNCC4)cn3)nc2n1C1CCCC1. The molecular formula is C22H28N8. The minimum Gasteiger partial charge on any atom is -0.369 e. The summed E-state index contributed by atoms with van der Waals surface area (Å²) in [5.74, 6) is 1.27. The zero-order valence-corrected chi connectivity index (χ0v) is 17.1. The molecule has 8 nitrogen and oxygen atoms in total. The quantitative estimate of drug-likeness (QED) is 0.564. The van der Waals surface area contributed by atoms with E-state index in [1.807, 2.05) is 24.5 Å². The average Bonchev–Trinajstić information content (AvgIpc) is 3.33. The van der Waals surface area contributed by atoms with Gasteiger partial charge in [-0.3, -0.25) is 0 Å². The maximum Gasteiger partial charge on any atom is 0.230 e. The van der Waals surface area contributed by atoms with Crippen LogP contribution in [-0.2, 0) is 0 Å². The molecule has 3 aromatic rings. The van der Waals surface area contributed by atoms with Crippen LogP contribution in [0.5, 0.6) is 0 Å². The van der Waals surface area contributed by atoms with Crippen LogP contribution in [0.1, 0.15) is 43.8 Å². The molecule has 30 heavy (non-hydrogen) atoms. The molecule has 4 heterocycles. The summed E-state index contributed by atoms with van der Waals surface area (Å²) < 4.78 is 2.21. The molecule has 2 aliphatic rings. The van der Waals surface area contributed by atoms with Crippen LogP contribution in [0.2, 0.25) is 0 Å². The molecule has 0 radical (unpaired) electrons. The summed E-state index contributed by atoms with van der Waals surface area (Å²) in [5, 5.41) is 15.5. The van der Waals surface area contributed by atoms with Crippen molar-refractivity contribution in [1.29, 1.82) is 5.41 Å². The fraction of sp³-hybridized carbons (Fsp3) is 0.455. The van der Waals surface area contributed by atoms with Crippen molar-refractivity contribution in [2.45, 2.75) is 38.1 Å². The summed E-state index contributed by atoms with van der Waals surface area (Å²) in [7, 11) is 0. The van der Waals surface area contributed by atoms with Gasteiger partial charge in [-0.05, 0) is 44.0 Å². The summed E-state index contributed by atoms with van der Waals surface area (Å²) in [6.07, 6.45) is 11.1. The van der Waals surface area contributed by atoms with Gasteiger partial charge < -0.3 is 25.5 Å². The monoisotopic (exact) mass is 404 g/mol. The van der Waals surface area contributed by atoms with E-state index >= 15 is 0 Å². The second-order valence-electron chi connectivity index (χ2n) is 8.11. The van der Waals surface area contributed by atoms with Crippen LogP contribution in [0.4, 0.5) is 17.5 Å². The van der Waals surface area contributed by atoms with Crippen LogP contribution < -0.4 is 15.5 Å². The van der Waals surface area contributed by atoms with Gasteiger partial charge in [0.1, 0.15) is 11.5 Å². The zero-order valence-electron chi connectivity index (χ0n) is 17.1. The maximum absolute atomic E-state index is 7.80. The van der Waals surface area contributed by atoms with Crippen LogP contribution in [0, 0.1) is 5.41 Å². The Morgan fingerprint density at radius 3 is 2.77 bits per heavy atom. The molecule has 1 saturated carbocycles. The Balaban J connectivity index is 1.38. The number of anilines is 3. The van der Waals surface area contributed by atoms with Crippen molar-refractivity contribution < 1.29 is 0 Å². The highest BCUT2D eigenvalue weighted by Gasteiger charge is 2.22. The van der Waals surface area contributed by atoms with Crippen LogP contribution >= 0.6 is 0 Å². The van der Waals surface area contributed by atoms with Gasteiger partial charge in [0.15, 0.2) is 0 Å². The van der Waals surface area contributed by atoms with Crippen LogP contribution in [0.3, 0.4) is 0 Å². The van der Waals surface area contributed by atoms with Crippen molar-refractivity contribution >= 4 is 34.7 Å². The Labute approximate surface area is 176 Å². The Kier molecular flexibility index (Phi) is 5.31. The third-order valence-electron chi connectivity index (χ3n) is 6.14. The lowest BCUT2D eigenvalue weighted by atomic mass is 10.2. The number of fused-ring (bicyclic) bond motifs is 1. The number of aromatic nitrogens is 4. The Bertz CT molecular complexity index is 1010. The van der Waals surface area contributed by atoms with Gasteiger partial charge in [0, 0.05) is 43.5 Å². The first kappa shape index (κ1) is 19.0. The van der Waals surface area contributed by atoms with E-state index in [2.05, 4.69) is 36.1 Å². The van der Waals surface area contributed by atoms with Crippen molar-refractivity contribution in [2.75, 3.05) is 36.4 Å². The van der Waals surface area contributed by atoms with Crippen molar-refractivity contribution in [3.05, 3.63) is 36.3 Å². The van der Waals surface area contributed by atoms with Gasteiger partial charge in [-0.2, -0.15) is 4.98 Å². The van der Waals surface area contributed by atoms with Gasteiger partial charge in [0.25, 0.3) is 0 Å². The first-order chi connectivity index (χ1) is 14.8. The van der Waals surface area contributed by atoms with Gasteiger partial charge in [0.05, 0.1) is 17.6 Å². The topological polar surface area (TPSA) is 94.8 Å². The molecule has 8 heteroatoms. The highest BCUT2D eigenvalue weighted by Crippen LogP contribution is 2.34. The summed E-state index contributed by atoms with van der Waals surface area (Å²) in [6.45, 7) is 4.13. The van der Waals surface area contributed by atoms with Gasteiger partial charge in [0.2, 0.25) is 5.95 Å². The Hall–Kier alpha value is -3.00. The molecule has 2 fully saturated rings. The molecular weight excluding hydrogens is 376 g/mol.